The van der Waals surface area contributed by atoms with Crippen LogP contribution in [-0.4, -0.2) is 37.5 Å². The molecule has 2 unspecified atom stereocenters. The Bertz CT molecular complexity index is 648. The maximum Gasteiger partial charge on any atom is 0.245 e. The van der Waals surface area contributed by atoms with Crippen molar-refractivity contribution in [2.24, 2.45) is 5.92 Å². The zero-order valence-electron chi connectivity index (χ0n) is 12.7. The third-order valence-electron chi connectivity index (χ3n) is 4.26. The van der Waals surface area contributed by atoms with E-state index in [1.807, 2.05) is 0 Å². The lowest BCUT2D eigenvalue weighted by molar-refractivity contribution is 0.0620. The summed E-state index contributed by atoms with van der Waals surface area (Å²) >= 11 is 0. The van der Waals surface area contributed by atoms with Crippen LogP contribution in [0.3, 0.4) is 0 Å². The Morgan fingerprint density at radius 3 is 2.50 bits per heavy atom. The Kier molecular flexibility index (Phi) is 5.19. The van der Waals surface area contributed by atoms with Crippen molar-refractivity contribution >= 4 is 10.0 Å². The van der Waals surface area contributed by atoms with E-state index in [0.717, 1.165) is 29.6 Å². The molecule has 0 aromatic heterocycles. The predicted molar refractivity (Wildman–Crippen MR) is 78.9 cm³/mol. The van der Waals surface area contributed by atoms with Crippen molar-refractivity contribution in [1.29, 1.82) is 0 Å². The maximum absolute atomic E-state index is 13.9. The summed E-state index contributed by atoms with van der Waals surface area (Å²) in [7, 11) is -2.80. The topological polar surface area (TPSA) is 57.6 Å². The van der Waals surface area contributed by atoms with Gasteiger partial charge >= 0.3 is 0 Å². The van der Waals surface area contributed by atoms with Crippen LogP contribution >= 0.6 is 0 Å². The summed E-state index contributed by atoms with van der Waals surface area (Å²) in [5, 5.41) is 9.93. The van der Waals surface area contributed by atoms with Gasteiger partial charge in [-0.3, -0.25) is 0 Å². The second-order valence-corrected chi connectivity index (χ2v) is 7.94. The number of aliphatic hydroxyl groups excluding tert-OH is 1. The third kappa shape index (κ3) is 3.47. The number of aliphatic hydroxyl groups is 1. The van der Waals surface area contributed by atoms with Crippen LogP contribution in [0.15, 0.2) is 17.0 Å². The molecule has 1 fully saturated rings. The molecule has 0 amide bonds. The second kappa shape index (κ2) is 6.60. The summed E-state index contributed by atoms with van der Waals surface area (Å²) < 4.78 is 53.4. The van der Waals surface area contributed by atoms with Crippen LogP contribution in [0.1, 0.15) is 31.2 Å². The van der Waals surface area contributed by atoms with Crippen LogP contribution < -0.4 is 0 Å². The van der Waals surface area contributed by atoms with E-state index in [1.165, 1.54) is 14.0 Å². The Morgan fingerprint density at radius 1 is 1.23 bits per heavy atom. The van der Waals surface area contributed by atoms with Crippen molar-refractivity contribution in [3.8, 4) is 0 Å². The van der Waals surface area contributed by atoms with Crippen LogP contribution in [0.25, 0.3) is 0 Å². The van der Waals surface area contributed by atoms with Gasteiger partial charge < -0.3 is 5.11 Å². The SMILES string of the molecule is Cc1cc(F)c(S(=O)(=O)N(C)CC2CCCCC2O)cc1F. The van der Waals surface area contributed by atoms with Gasteiger partial charge in [-0.1, -0.05) is 12.8 Å². The molecule has 7 heteroatoms. The Hall–Kier alpha value is -1.05. The van der Waals surface area contributed by atoms with Gasteiger partial charge in [0.1, 0.15) is 16.5 Å². The fourth-order valence-electron chi connectivity index (χ4n) is 2.82. The summed E-state index contributed by atoms with van der Waals surface area (Å²) in [6, 6.07) is 1.60. The minimum absolute atomic E-state index is 0.0572. The number of rotatable bonds is 4. The van der Waals surface area contributed by atoms with E-state index in [1.54, 1.807) is 0 Å². The molecular weight excluding hydrogens is 312 g/mol. The van der Waals surface area contributed by atoms with Gasteiger partial charge in [-0.05, 0) is 43.4 Å². The van der Waals surface area contributed by atoms with E-state index < -0.39 is 32.7 Å². The lowest BCUT2D eigenvalue weighted by Crippen LogP contribution is -2.38. The number of sulfonamides is 1. The molecule has 1 aromatic carbocycles. The molecule has 1 aromatic rings. The van der Waals surface area contributed by atoms with Crippen LogP contribution in [-0.2, 0) is 10.0 Å². The average molecular weight is 333 g/mol. The van der Waals surface area contributed by atoms with Crippen LogP contribution in [0.4, 0.5) is 8.78 Å². The van der Waals surface area contributed by atoms with Crippen molar-refractivity contribution in [3.63, 3.8) is 0 Å². The zero-order chi connectivity index (χ0) is 16.5. The first-order valence-electron chi connectivity index (χ1n) is 7.33. The van der Waals surface area contributed by atoms with Crippen LogP contribution in [0.2, 0.25) is 0 Å². The van der Waals surface area contributed by atoms with Crippen molar-refractivity contribution in [1.82, 2.24) is 4.31 Å². The van der Waals surface area contributed by atoms with Gasteiger partial charge in [0.2, 0.25) is 10.0 Å². The van der Waals surface area contributed by atoms with Gasteiger partial charge in [0.05, 0.1) is 6.10 Å². The minimum Gasteiger partial charge on any atom is -0.393 e. The fraction of sp³-hybridized carbons (Fsp3) is 0.600. The van der Waals surface area contributed by atoms with Crippen molar-refractivity contribution in [3.05, 3.63) is 29.3 Å². The van der Waals surface area contributed by atoms with E-state index in [9.17, 15) is 22.3 Å². The number of hydrogen-bond donors (Lipinski definition) is 1. The number of benzene rings is 1. The first-order valence-corrected chi connectivity index (χ1v) is 8.77. The summed E-state index contributed by atoms with van der Waals surface area (Å²) in [5.41, 5.74) is 0.0572. The lowest BCUT2D eigenvalue weighted by atomic mass is 9.86. The molecule has 2 atom stereocenters. The third-order valence-corrected chi connectivity index (χ3v) is 6.10. The summed E-state index contributed by atoms with van der Waals surface area (Å²) in [5.74, 6) is -1.90. The first-order chi connectivity index (χ1) is 10.2. The van der Waals surface area contributed by atoms with E-state index in [-0.39, 0.29) is 18.0 Å². The normalized spacial score (nSPS) is 23.0. The van der Waals surface area contributed by atoms with Crippen molar-refractivity contribution in [2.45, 2.75) is 43.6 Å². The summed E-state index contributed by atoms with van der Waals surface area (Å²) in [6.45, 7) is 1.47. The molecule has 0 heterocycles. The minimum atomic E-state index is -4.12. The lowest BCUT2D eigenvalue weighted by Gasteiger charge is -2.30. The van der Waals surface area contributed by atoms with Gasteiger partial charge in [0.15, 0.2) is 0 Å². The number of hydrogen-bond acceptors (Lipinski definition) is 3. The quantitative estimate of drug-likeness (QED) is 0.921. The standard InChI is InChI=1S/C15H21F2NO3S/c1-10-7-13(17)15(8-12(10)16)22(20,21)18(2)9-11-5-3-4-6-14(11)19/h7-8,11,14,19H,3-6,9H2,1-2H3. The molecule has 0 aliphatic heterocycles. The van der Waals surface area contributed by atoms with Gasteiger partial charge in [-0.15, -0.1) is 0 Å². The molecule has 1 aliphatic carbocycles. The van der Waals surface area contributed by atoms with E-state index >= 15 is 0 Å². The molecule has 1 saturated carbocycles. The van der Waals surface area contributed by atoms with Crippen molar-refractivity contribution < 1.29 is 22.3 Å². The molecule has 1 aliphatic rings. The fourth-order valence-corrected chi connectivity index (χ4v) is 4.10. The molecule has 0 saturated heterocycles. The van der Waals surface area contributed by atoms with E-state index in [4.69, 9.17) is 0 Å². The highest BCUT2D eigenvalue weighted by Crippen LogP contribution is 2.28. The molecule has 1 N–H and O–H groups in total. The maximum atomic E-state index is 13.9. The number of aryl methyl sites for hydroxylation is 1. The molecule has 0 spiro atoms. The van der Waals surface area contributed by atoms with Crippen molar-refractivity contribution in [2.75, 3.05) is 13.6 Å². The molecule has 22 heavy (non-hydrogen) atoms. The number of halogens is 2. The Labute approximate surface area is 129 Å². The van der Waals surface area contributed by atoms with E-state index in [2.05, 4.69) is 0 Å². The second-order valence-electron chi connectivity index (χ2n) is 5.93. The highest BCUT2D eigenvalue weighted by Gasteiger charge is 2.31. The zero-order valence-corrected chi connectivity index (χ0v) is 13.5. The highest BCUT2D eigenvalue weighted by atomic mass is 32.2. The van der Waals surface area contributed by atoms with Gasteiger partial charge in [-0.2, -0.15) is 0 Å². The van der Waals surface area contributed by atoms with E-state index in [0.29, 0.717) is 12.5 Å². The molecule has 0 radical (unpaired) electrons. The molecule has 124 valence electrons. The summed E-state index contributed by atoms with van der Waals surface area (Å²) in [6.07, 6.45) is 2.68. The Morgan fingerprint density at radius 2 is 1.86 bits per heavy atom. The first kappa shape index (κ1) is 17.3. The van der Waals surface area contributed by atoms with Gasteiger partial charge in [0.25, 0.3) is 0 Å². The number of nitrogens with zero attached hydrogens (tertiary/aromatic N) is 1. The monoisotopic (exact) mass is 333 g/mol. The summed E-state index contributed by atoms with van der Waals surface area (Å²) in [4.78, 5) is -0.664. The smallest absolute Gasteiger partial charge is 0.245 e. The predicted octanol–water partition coefficient (Wildman–Crippen LogP) is 2.44. The molecule has 2 rings (SSSR count). The van der Waals surface area contributed by atoms with Crippen LogP contribution in [0, 0.1) is 24.5 Å². The van der Waals surface area contributed by atoms with Gasteiger partial charge in [0, 0.05) is 13.6 Å². The molecule has 0 bridgehead atoms. The Balaban J connectivity index is 2.24. The highest BCUT2D eigenvalue weighted by molar-refractivity contribution is 7.89. The van der Waals surface area contributed by atoms with Crippen LogP contribution in [0.5, 0.6) is 0 Å². The average Bonchev–Trinajstić information content (AvgIpc) is 2.45. The molecule has 4 nitrogen and oxygen atoms in total. The van der Waals surface area contributed by atoms with Gasteiger partial charge in [-0.25, -0.2) is 21.5 Å². The molecular formula is C15H21F2NO3S. The largest absolute Gasteiger partial charge is 0.393 e.